The second kappa shape index (κ2) is 5.52. The summed E-state index contributed by atoms with van der Waals surface area (Å²) in [6, 6.07) is 3.71. The number of aromatic nitrogens is 1. The molecule has 0 amide bonds. The molecule has 0 bridgehead atoms. The zero-order valence-corrected chi connectivity index (χ0v) is 11.8. The van der Waals surface area contributed by atoms with Gasteiger partial charge in [-0.25, -0.2) is 9.78 Å². The first-order valence-corrected chi connectivity index (χ1v) is 7.58. The van der Waals surface area contributed by atoms with Crippen molar-refractivity contribution in [2.75, 3.05) is 13.1 Å². The Morgan fingerprint density at radius 3 is 2.60 bits per heavy atom. The number of carboxylic acid groups (broad SMARTS) is 1. The van der Waals surface area contributed by atoms with Crippen LogP contribution in [0.25, 0.3) is 0 Å². The summed E-state index contributed by atoms with van der Waals surface area (Å²) in [7, 11) is 0. The fourth-order valence-electron chi connectivity index (χ4n) is 3.81. The molecule has 4 nitrogen and oxygen atoms in total. The smallest absolute Gasteiger partial charge is 0.354 e. The average molecular weight is 274 g/mol. The molecule has 1 N–H and O–H groups in total. The van der Waals surface area contributed by atoms with Crippen LogP contribution in [0.1, 0.15) is 54.6 Å². The van der Waals surface area contributed by atoms with Gasteiger partial charge in [-0.2, -0.15) is 0 Å². The molecule has 0 unspecified atom stereocenters. The Labute approximate surface area is 119 Å². The molecule has 108 valence electrons. The standard InChI is InChI=1S/C16H22N2O2/c19-15(20)14-13(4-3-9-17-14)12-18-10-7-16(8-11-18)5-1-2-6-16/h3-4,9H,1-2,5-8,10-12H2,(H,19,20). The summed E-state index contributed by atoms with van der Waals surface area (Å²) < 4.78 is 0. The van der Waals surface area contributed by atoms with Crippen LogP contribution >= 0.6 is 0 Å². The molecule has 2 aliphatic rings. The Hall–Kier alpha value is -1.42. The summed E-state index contributed by atoms with van der Waals surface area (Å²) in [4.78, 5) is 17.6. The fraction of sp³-hybridized carbons (Fsp3) is 0.625. The van der Waals surface area contributed by atoms with E-state index in [1.54, 1.807) is 6.20 Å². The van der Waals surface area contributed by atoms with E-state index >= 15 is 0 Å². The first kappa shape index (κ1) is 13.6. The van der Waals surface area contributed by atoms with Gasteiger partial charge in [0.15, 0.2) is 5.69 Å². The van der Waals surface area contributed by atoms with Gasteiger partial charge in [-0.3, -0.25) is 4.90 Å². The van der Waals surface area contributed by atoms with Crippen LogP contribution in [0.5, 0.6) is 0 Å². The van der Waals surface area contributed by atoms with Crippen LogP contribution in [0.3, 0.4) is 0 Å². The van der Waals surface area contributed by atoms with Gasteiger partial charge in [0.2, 0.25) is 0 Å². The lowest BCUT2D eigenvalue weighted by molar-refractivity contribution is 0.0683. The van der Waals surface area contributed by atoms with Gasteiger partial charge < -0.3 is 5.11 Å². The van der Waals surface area contributed by atoms with E-state index in [1.807, 2.05) is 12.1 Å². The molecule has 2 heterocycles. The zero-order valence-electron chi connectivity index (χ0n) is 11.8. The summed E-state index contributed by atoms with van der Waals surface area (Å²) >= 11 is 0. The third-order valence-electron chi connectivity index (χ3n) is 5.07. The average Bonchev–Trinajstić information content (AvgIpc) is 2.90. The molecule has 3 rings (SSSR count). The van der Waals surface area contributed by atoms with E-state index in [0.29, 0.717) is 12.0 Å². The van der Waals surface area contributed by atoms with Crippen molar-refractivity contribution >= 4 is 5.97 Å². The molecule has 1 aromatic rings. The molecule has 20 heavy (non-hydrogen) atoms. The minimum absolute atomic E-state index is 0.202. The number of aromatic carboxylic acids is 1. The molecule has 0 aromatic carbocycles. The zero-order chi connectivity index (χ0) is 14.0. The Morgan fingerprint density at radius 1 is 1.25 bits per heavy atom. The topological polar surface area (TPSA) is 53.4 Å². The van der Waals surface area contributed by atoms with Gasteiger partial charge in [0.05, 0.1) is 0 Å². The number of nitrogens with zero attached hydrogens (tertiary/aromatic N) is 2. The van der Waals surface area contributed by atoms with E-state index in [2.05, 4.69) is 9.88 Å². The molecule has 1 aliphatic heterocycles. The number of rotatable bonds is 3. The summed E-state index contributed by atoms with van der Waals surface area (Å²) in [5.41, 5.74) is 1.65. The van der Waals surface area contributed by atoms with Crippen LogP contribution in [-0.4, -0.2) is 34.0 Å². The van der Waals surface area contributed by atoms with Crippen LogP contribution in [0.4, 0.5) is 0 Å². The van der Waals surface area contributed by atoms with Crippen molar-refractivity contribution in [2.45, 2.75) is 45.1 Å². The molecule has 1 spiro atoms. The molecule has 1 saturated heterocycles. The van der Waals surface area contributed by atoms with Gasteiger partial charge in [0.25, 0.3) is 0 Å². The summed E-state index contributed by atoms with van der Waals surface area (Å²) in [6.07, 6.45) is 9.68. The van der Waals surface area contributed by atoms with Gasteiger partial charge in [0, 0.05) is 12.7 Å². The maximum absolute atomic E-state index is 11.2. The van der Waals surface area contributed by atoms with Gasteiger partial charge in [-0.15, -0.1) is 0 Å². The number of carboxylic acids is 1. The molecule has 2 fully saturated rings. The van der Waals surface area contributed by atoms with E-state index in [1.165, 1.54) is 38.5 Å². The SMILES string of the molecule is O=C(O)c1ncccc1CN1CCC2(CCCC2)CC1. The first-order valence-electron chi connectivity index (χ1n) is 7.58. The van der Waals surface area contributed by atoms with Crippen molar-refractivity contribution in [1.29, 1.82) is 0 Å². The van der Waals surface area contributed by atoms with Crippen LogP contribution in [-0.2, 0) is 6.54 Å². The van der Waals surface area contributed by atoms with E-state index in [9.17, 15) is 9.90 Å². The Balaban J connectivity index is 1.64. The summed E-state index contributed by atoms with van der Waals surface area (Å²) in [6.45, 7) is 2.90. The third kappa shape index (κ3) is 2.70. The number of likely N-dealkylation sites (tertiary alicyclic amines) is 1. The van der Waals surface area contributed by atoms with E-state index < -0.39 is 5.97 Å². The van der Waals surface area contributed by atoms with E-state index in [4.69, 9.17) is 0 Å². The molecular formula is C16H22N2O2. The second-order valence-corrected chi connectivity index (χ2v) is 6.30. The molecule has 1 aliphatic carbocycles. The monoisotopic (exact) mass is 274 g/mol. The number of carbonyl (C=O) groups is 1. The van der Waals surface area contributed by atoms with Gasteiger partial charge >= 0.3 is 5.97 Å². The molecule has 1 saturated carbocycles. The predicted molar refractivity (Wildman–Crippen MR) is 76.6 cm³/mol. The number of hydrogen-bond donors (Lipinski definition) is 1. The highest BCUT2D eigenvalue weighted by atomic mass is 16.4. The minimum Gasteiger partial charge on any atom is -0.477 e. The predicted octanol–water partition coefficient (Wildman–Crippen LogP) is 2.94. The Morgan fingerprint density at radius 2 is 1.95 bits per heavy atom. The minimum atomic E-state index is -0.926. The van der Waals surface area contributed by atoms with Crippen molar-refractivity contribution in [3.63, 3.8) is 0 Å². The fourth-order valence-corrected chi connectivity index (χ4v) is 3.81. The quantitative estimate of drug-likeness (QED) is 0.920. The molecular weight excluding hydrogens is 252 g/mol. The number of hydrogen-bond acceptors (Lipinski definition) is 3. The maximum Gasteiger partial charge on any atom is 0.354 e. The lowest BCUT2D eigenvalue weighted by Crippen LogP contribution is -2.38. The normalized spacial score (nSPS) is 22.2. The van der Waals surface area contributed by atoms with E-state index in [0.717, 1.165) is 18.7 Å². The first-order chi connectivity index (χ1) is 9.69. The van der Waals surface area contributed by atoms with Crippen molar-refractivity contribution in [2.24, 2.45) is 5.41 Å². The van der Waals surface area contributed by atoms with Crippen LogP contribution < -0.4 is 0 Å². The van der Waals surface area contributed by atoms with Crippen molar-refractivity contribution < 1.29 is 9.90 Å². The van der Waals surface area contributed by atoms with Gasteiger partial charge in [0.1, 0.15) is 0 Å². The molecule has 0 atom stereocenters. The largest absolute Gasteiger partial charge is 0.477 e. The van der Waals surface area contributed by atoms with Crippen LogP contribution in [0, 0.1) is 5.41 Å². The Kier molecular flexibility index (Phi) is 3.74. The molecule has 0 radical (unpaired) electrons. The van der Waals surface area contributed by atoms with Crippen LogP contribution in [0.2, 0.25) is 0 Å². The lowest BCUT2D eigenvalue weighted by atomic mass is 9.77. The number of piperidine rings is 1. The highest BCUT2D eigenvalue weighted by Crippen LogP contribution is 2.46. The summed E-state index contributed by atoms with van der Waals surface area (Å²) in [5, 5.41) is 9.18. The van der Waals surface area contributed by atoms with Crippen molar-refractivity contribution in [1.82, 2.24) is 9.88 Å². The van der Waals surface area contributed by atoms with Gasteiger partial charge in [-0.05, 0) is 55.8 Å². The second-order valence-electron chi connectivity index (χ2n) is 6.30. The van der Waals surface area contributed by atoms with Crippen molar-refractivity contribution in [3.8, 4) is 0 Å². The maximum atomic E-state index is 11.2. The highest BCUT2D eigenvalue weighted by molar-refractivity contribution is 5.86. The van der Waals surface area contributed by atoms with Crippen molar-refractivity contribution in [3.05, 3.63) is 29.6 Å². The highest BCUT2D eigenvalue weighted by Gasteiger charge is 2.36. The van der Waals surface area contributed by atoms with E-state index in [-0.39, 0.29) is 5.69 Å². The van der Waals surface area contributed by atoms with Crippen LogP contribution in [0.15, 0.2) is 18.3 Å². The molecule has 4 heteroatoms. The Bertz CT molecular complexity index is 485. The number of pyridine rings is 1. The van der Waals surface area contributed by atoms with Gasteiger partial charge in [-0.1, -0.05) is 18.9 Å². The molecule has 1 aromatic heterocycles. The summed E-state index contributed by atoms with van der Waals surface area (Å²) in [5.74, 6) is -0.926. The lowest BCUT2D eigenvalue weighted by Gasteiger charge is -2.39. The third-order valence-corrected chi connectivity index (χ3v) is 5.07.